The van der Waals surface area contributed by atoms with Gasteiger partial charge in [-0.1, -0.05) is 75.0 Å². The molecule has 1 fully saturated rings. The first-order valence-electron chi connectivity index (χ1n) is 13.1. The van der Waals surface area contributed by atoms with Gasteiger partial charge in [0.2, 0.25) is 0 Å². The summed E-state index contributed by atoms with van der Waals surface area (Å²) in [7, 11) is 0. The number of carbonyl (C=O) groups is 3. The first-order chi connectivity index (χ1) is 18.9. The second-order valence-corrected chi connectivity index (χ2v) is 9.73. The van der Waals surface area contributed by atoms with Crippen molar-refractivity contribution in [1.82, 2.24) is 0 Å². The highest BCUT2D eigenvalue weighted by molar-refractivity contribution is 6.13. The number of fused-ring (bicyclic) bond motifs is 2. The summed E-state index contributed by atoms with van der Waals surface area (Å²) in [5.41, 5.74) is 0.828. The van der Waals surface area contributed by atoms with E-state index in [-0.39, 0.29) is 33.0 Å². The van der Waals surface area contributed by atoms with Gasteiger partial charge in [-0.15, -0.1) is 0 Å². The number of rotatable bonds is 13. The maximum absolute atomic E-state index is 12.8. The number of aliphatic hydroxyl groups excluding tert-OH is 1. The number of hydrogen-bond acceptors (Lipinski definition) is 9. The molecule has 4 rings (SSSR count). The standard InChI is InChI=1S/C30H33NO8.CH4/c1-3-20(29(34)37-17-24-16-36-24)13-23(30(35)38-18-32)12-19(2)28(33)39-31-15-27-25-10-6-4-8-21(25)14-22-9-5-7-11-26(22)27;/h4-11,14-15,19-20,23-24,32H,3,12-13,16-18H2,1-2H3;1H4/b31-15+;. The van der Waals surface area contributed by atoms with Crippen molar-refractivity contribution in [2.75, 3.05) is 20.0 Å². The number of epoxide rings is 1. The van der Waals surface area contributed by atoms with Crippen LogP contribution in [0, 0.1) is 17.8 Å². The molecule has 0 saturated carbocycles. The van der Waals surface area contributed by atoms with Gasteiger partial charge in [0.15, 0.2) is 6.79 Å². The van der Waals surface area contributed by atoms with Crippen LogP contribution in [0.4, 0.5) is 0 Å². The van der Waals surface area contributed by atoms with E-state index in [1.54, 1.807) is 6.92 Å². The van der Waals surface area contributed by atoms with E-state index in [1.165, 1.54) is 6.21 Å². The van der Waals surface area contributed by atoms with Crippen LogP contribution in [0.5, 0.6) is 0 Å². The van der Waals surface area contributed by atoms with Crippen molar-refractivity contribution in [2.45, 2.75) is 46.6 Å². The van der Waals surface area contributed by atoms with Gasteiger partial charge in [-0.25, -0.2) is 4.79 Å². The molecule has 0 bridgehead atoms. The van der Waals surface area contributed by atoms with Crippen LogP contribution < -0.4 is 0 Å². The molecule has 9 heteroatoms. The van der Waals surface area contributed by atoms with Crippen LogP contribution in [0.3, 0.4) is 0 Å². The number of oxime groups is 1. The first kappa shape index (κ1) is 30.7. The monoisotopic (exact) mass is 551 g/mol. The van der Waals surface area contributed by atoms with Gasteiger partial charge in [0.25, 0.3) is 0 Å². The lowest BCUT2D eigenvalue weighted by Gasteiger charge is -2.22. The average molecular weight is 552 g/mol. The van der Waals surface area contributed by atoms with Crippen LogP contribution in [0.1, 0.15) is 46.1 Å². The molecule has 4 atom stereocenters. The maximum Gasteiger partial charge on any atom is 0.337 e. The Morgan fingerprint density at radius 1 is 0.975 bits per heavy atom. The Labute approximate surface area is 234 Å². The third kappa shape index (κ3) is 7.86. The lowest BCUT2D eigenvalue weighted by atomic mass is 9.86. The number of benzene rings is 3. The van der Waals surface area contributed by atoms with Gasteiger partial charge in [-0.05, 0) is 46.9 Å². The largest absolute Gasteiger partial charge is 0.463 e. The van der Waals surface area contributed by atoms with E-state index in [0.717, 1.165) is 27.1 Å². The molecule has 214 valence electrons. The third-order valence-electron chi connectivity index (χ3n) is 6.93. The number of esters is 2. The fourth-order valence-corrected chi connectivity index (χ4v) is 4.63. The molecule has 3 aromatic rings. The Morgan fingerprint density at radius 3 is 2.15 bits per heavy atom. The summed E-state index contributed by atoms with van der Waals surface area (Å²) in [5, 5.41) is 17.1. The number of carbonyl (C=O) groups excluding carboxylic acids is 3. The van der Waals surface area contributed by atoms with Gasteiger partial charge in [0.05, 0.1) is 30.6 Å². The Hall–Kier alpha value is -3.82. The molecule has 1 heterocycles. The average Bonchev–Trinajstić information content (AvgIpc) is 3.78. The predicted molar refractivity (Wildman–Crippen MR) is 151 cm³/mol. The molecule has 0 spiro atoms. The summed E-state index contributed by atoms with van der Waals surface area (Å²) >= 11 is 0. The minimum atomic E-state index is -0.819. The van der Waals surface area contributed by atoms with E-state index >= 15 is 0 Å². The highest BCUT2D eigenvalue weighted by Crippen LogP contribution is 2.28. The number of nitrogens with zero attached hydrogens (tertiary/aromatic N) is 1. The Balaban J connectivity index is 0.00000441. The van der Waals surface area contributed by atoms with Crippen molar-refractivity contribution in [2.24, 2.45) is 22.9 Å². The molecule has 1 N–H and O–H groups in total. The zero-order chi connectivity index (χ0) is 27.8. The molecular formula is C31H37NO8. The molecule has 1 aliphatic heterocycles. The van der Waals surface area contributed by atoms with Gasteiger partial charge in [-0.3, -0.25) is 9.59 Å². The Morgan fingerprint density at radius 2 is 1.57 bits per heavy atom. The molecular weight excluding hydrogens is 514 g/mol. The zero-order valence-corrected chi connectivity index (χ0v) is 22.1. The minimum absolute atomic E-state index is 0. The summed E-state index contributed by atoms with van der Waals surface area (Å²) in [6, 6.07) is 17.9. The molecule has 40 heavy (non-hydrogen) atoms. The molecule has 0 aromatic heterocycles. The van der Waals surface area contributed by atoms with E-state index < -0.39 is 42.5 Å². The lowest BCUT2D eigenvalue weighted by Crippen LogP contribution is -2.29. The minimum Gasteiger partial charge on any atom is -0.463 e. The normalized spacial score (nSPS) is 16.6. The maximum atomic E-state index is 12.8. The van der Waals surface area contributed by atoms with E-state index in [0.29, 0.717) is 13.0 Å². The zero-order valence-electron chi connectivity index (χ0n) is 22.1. The molecule has 1 saturated heterocycles. The van der Waals surface area contributed by atoms with E-state index in [4.69, 9.17) is 24.2 Å². The van der Waals surface area contributed by atoms with E-state index in [1.807, 2.05) is 55.5 Å². The number of ether oxygens (including phenoxy) is 3. The molecule has 0 aliphatic carbocycles. The van der Waals surface area contributed by atoms with E-state index in [2.05, 4.69) is 11.2 Å². The van der Waals surface area contributed by atoms with Gasteiger partial charge in [0, 0.05) is 5.56 Å². The van der Waals surface area contributed by atoms with Crippen molar-refractivity contribution in [3.8, 4) is 0 Å². The highest BCUT2D eigenvalue weighted by Gasteiger charge is 2.33. The summed E-state index contributed by atoms with van der Waals surface area (Å²) < 4.78 is 15.2. The van der Waals surface area contributed by atoms with Gasteiger partial charge in [0.1, 0.15) is 12.7 Å². The SMILES string of the molecule is C.CCC(CC(CC(C)C(=O)O/N=C/c1c2ccccc2cc2ccccc12)C(=O)OCO)C(=O)OCC1CO1. The van der Waals surface area contributed by atoms with Gasteiger partial charge >= 0.3 is 17.9 Å². The lowest BCUT2D eigenvalue weighted by molar-refractivity contribution is -0.160. The quantitative estimate of drug-likeness (QED) is 0.0599. The van der Waals surface area contributed by atoms with E-state index in [9.17, 15) is 14.4 Å². The predicted octanol–water partition coefficient (Wildman–Crippen LogP) is 5.00. The van der Waals surface area contributed by atoms with Crippen LogP contribution >= 0.6 is 0 Å². The van der Waals surface area contributed by atoms with Crippen LogP contribution in [0.2, 0.25) is 0 Å². The molecule has 4 unspecified atom stereocenters. The topological polar surface area (TPSA) is 124 Å². The van der Waals surface area contributed by atoms with Crippen LogP contribution in [0.15, 0.2) is 59.8 Å². The van der Waals surface area contributed by atoms with Crippen LogP contribution in [0.25, 0.3) is 21.5 Å². The molecule has 9 nitrogen and oxygen atoms in total. The van der Waals surface area contributed by atoms with Crippen molar-refractivity contribution in [3.63, 3.8) is 0 Å². The van der Waals surface area contributed by atoms with Crippen molar-refractivity contribution in [3.05, 3.63) is 60.2 Å². The number of aliphatic hydroxyl groups is 1. The third-order valence-corrected chi connectivity index (χ3v) is 6.93. The Bertz CT molecular complexity index is 1300. The smallest absolute Gasteiger partial charge is 0.337 e. The molecule has 0 amide bonds. The second kappa shape index (κ2) is 14.5. The van der Waals surface area contributed by atoms with Gasteiger partial charge < -0.3 is 24.2 Å². The molecule has 0 radical (unpaired) electrons. The Kier molecular flexibility index (Phi) is 11.2. The van der Waals surface area contributed by atoms with Crippen LogP contribution in [-0.4, -0.2) is 55.3 Å². The van der Waals surface area contributed by atoms with Crippen LogP contribution in [-0.2, 0) is 33.4 Å². The molecule has 1 aliphatic rings. The van der Waals surface area contributed by atoms with Gasteiger partial charge in [-0.2, -0.15) is 0 Å². The summed E-state index contributed by atoms with van der Waals surface area (Å²) in [6.07, 6.45) is 2.07. The summed E-state index contributed by atoms with van der Waals surface area (Å²) in [4.78, 5) is 43.1. The number of hydrogen-bond donors (Lipinski definition) is 1. The second-order valence-electron chi connectivity index (χ2n) is 9.73. The van der Waals surface area contributed by atoms with Crippen molar-refractivity contribution >= 4 is 45.7 Å². The summed E-state index contributed by atoms with van der Waals surface area (Å²) in [6.45, 7) is 3.38. The molecule has 3 aromatic carbocycles. The fourth-order valence-electron chi connectivity index (χ4n) is 4.63. The highest BCUT2D eigenvalue weighted by atomic mass is 16.7. The first-order valence-corrected chi connectivity index (χ1v) is 13.1. The fraction of sp³-hybridized carbons (Fsp3) is 0.419. The van der Waals surface area contributed by atoms with Crippen molar-refractivity contribution < 1.29 is 38.5 Å². The van der Waals surface area contributed by atoms with Crippen molar-refractivity contribution in [1.29, 1.82) is 0 Å². The summed E-state index contributed by atoms with van der Waals surface area (Å²) in [5.74, 6) is -3.87.